The minimum atomic E-state index is 0.727. The Morgan fingerprint density at radius 2 is 2.18 bits per heavy atom. The van der Waals surface area contributed by atoms with Gasteiger partial charge in [-0.3, -0.25) is 4.98 Å². The monoisotopic (exact) mass is 310 g/mol. The molecule has 1 aromatic heterocycles. The van der Waals surface area contributed by atoms with Crippen molar-refractivity contribution in [2.24, 2.45) is 0 Å². The van der Waals surface area contributed by atoms with E-state index in [9.17, 15) is 0 Å². The SMILES string of the molecule is Clc1cc(Br)ccc1NCCc1cccnc1. The fraction of sp³-hybridized carbons (Fsp3) is 0.154. The summed E-state index contributed by atoms with van der Waals surface area (Å²) in [5.74, 6) is 0. The van der Waals surface area contributed by atoms with Crippen molar-refractivity contribution in [1.29, 1.82) is 0 Å². The van der Waals surface area contributed by atoms with E-state index in [1.165, 1.54) is 5.56 Å². The number of hydrogen-bond donors (Lipinski definition) is 1. The molecule has 0 unspecified atom stereocenters. The highest BCUT2D eigenvalue weighted by molar-refractivity contribution is 9.10. The summed E-state index contributed by atoms with van der Waals surface area (Å²) in [5.41, 5.74) is 2.17. The van der Waals surface area contributed by atoms with E-state index in [2.05, 4.69) is 32.3 Å². The number of hydrogen-bond acceptors (Lipinski definition) is 2. The van der Waals surface area contributed by atoms with E-state index in [1.54, 1.807) is 6.20 Å². The summed E-state index contributed by atoms with van der Waals surface area (Å²) in [7, 11) is 0. The van der Waals surface area contributed by atoms with Crippen LogP contribution in [0.5, 0.6) is 0 Å². The van der Waals surface area contributed by atoms with E-state index in [0.717, 1.165) is 28.1 Å². The first-order chi connectivity index (χ1) is 8.25. The second kappa shape index (κ2) is 6.03. The van der Waals surface area contributed by atoms with E-state index in [1.807, 2.05) is 30.5 Å². The molecule has 2 nitrogen and oxygen atoms in total. The van der Waals surface area contributed by atoms with Crippen LogP contribution < -0.4 is 5.32 Å². The lowest BCUT2D eigenvalue weighted by Gasteiger charge is -2.08. The number of nitrogens with zero attached hydrogens (tertiary/aromatic N) is 1. The first-order valence-corrected chi connectivity index (χ1v) is 6.50. The van der Waals surface area contributed by atoms with E-state index >= 15 is 0 Å². The summed E-state index contributed by atoms with van der Waals surface area (Å²) < 4.78 is 0.986. The fourth-order valence-corrected chi connectivity index (χ4v) is 2.26. The maximum Gasteiger partial charge on any atom is 0.0648 e. The molecule has 4 heteroatoms. The molecule has 0 bridgehead atoms. The maximum absolute atomic E-state index is 6.11. The molecule has 0 saturated carbocycles. The van der Waals surface area contributed by atoms with Gasteiger partial charge in [0.2, 0.25) is 0 Å². The Balaban J connectivity index is 1.90. The van der Waals surface area contributed by atoms with E-state index in [4.69, 9.17) is 11.6 Å². The topological polar surface area (TPSA) is 24.9 Å². The van der Waals surface area contributed by atoms with Crippen molar-refractivity contribution in [3.8, 4) is 0 Å². The van der Waals surface area contributed by atoms with Gasteiger partial charge < -0.3 is 5.32 Å². The number of benzene rings is 1. The third-order valence-corrected chi connectivity index (χ3v) is 3.19. The molecular formula is C13H12BrClN2. The van der Waals surface area contributed by atoms with Crippen molar-refractivity contribution in [2.45, 2.75) is 6.42 Å². The Bertz CT molecular complexity index is 488. The number of anilines is 1. The molecular weight excluding hydrogens is 300 g/mol. The molecule has 2 aromatic rings. The van der Waals surface area contributed by atoms with E-state index in [-0.39, 0.29) is 0 Å². The molecule has 17 heavy (non-hydrogen) atoms. The maximum atomic E-state index is 6.11. The molecule has 88 valence electrons. The van der Waals surface area contributed by atoms with Crippen LogP contribution >= 0.6 is 27.5 Å². The van der Waals surface area contributed by atoms with Crippen LogP contribution in [-0.2, 0) is 6.42 Å². The predicted molar refractivity (Wildman–Crippen MR) is 75.6 cm³/mol. The molecule has 0 fully saturated rings. The van der Waals surface area contributed by atoms with Crippen molar-refractivity contribution >= 4 is 33.2 Å². The van der Waals surface area contributed by atoms with Gasteiger partial charge in [0.15, 0.2) is 0 Å². The Hall–Kier alpha value is -1.06. The highest BCUT2D eigenvalue weighted by Gasteiger charge is 2.00. The first-order valence-electron chi connectivity index (χ1n) is 5.33. The van der Waals surface area contributed by atoms with Crippen LogP contribution in [0.2, 0.25) is 5.02 Å². The van der Waals surface area contributed by atoms with Gasteiger partial charge in [-0.25, -0.2) is 0 Å². The Labute approximate surface area is 114 Å². The zero-order valence-corrected chi connectivity index (χ0v) is 11.5. The smallest absolute Gasteiger partial charge is 0.0648 e. The quantitative estimate of drug-likeness (QED) is 0.917. The van der Waals surface area contributed by atoms with E-state index in [0.29, 0.717) is 0 Å². The molecule has 1 aromatic carbocycles. The van der Waals surface area contributed by atoms with Crippen molar-refractivity contribution in [3.05, 3.63) is 57.8 Å². The second-order valence-corrected chi connectivity index (χ2v) is 4.99. The molecule has 0 aliphatic carbocycles. The largest absolute Gasteiger partial charge is 0.384 e. The van der Waals surface area contributed by atoms with Gasteiger partial charge in [0.25, 0.3) is 0 Å². The van der Waals surface area contributed by atoms with Crippen LogP contribution in [0.1, 0.15) is 5.56 Å². The van der Waals surface area contributed by atoms with Crippen molar-refractivity contribution < 1.29 is 0 Å². The molecule has 2 rings (SSSR count). The number of halogens is 2. The number of aromatic nitrogens is 1. The first kappa shape index (κ1) is 12.4. The lowest BCUT2D eigenvalue weighted by molar-refractivity contribution is 1.01. The number of nitrogens with one attached hydrogen (secondary N) is 1. The zero-order valence-electron chi connectivity index (χ0n) is 9.16. The Kier molecular flexibility index (Phi) is 4.40. The van der Waals surface area contributed by atoms with Gasteiger partial charge in [-0.2, -0.15) is 0 Å². The summed E-state index contributed by atoms with van der Waals surface area (Å²) in [6, 6.07) is 9.84. The highest BCUT2D eigenvalue weighted by Crippen LogP contribution is 2.25. The molecule has 1 N–H and O–H groups in total. The average molecular weight is 312 g/mol. The fourth-order valence-electron chi connectivity index (χ4n) is 1.52. The van der Waals surface area contributed by atoms with Gasteiger partial charge in [0.05, 0.1) is 10.7 Å². The molecule has 0 saturated heterocycles. The third kappa shape index (κ3) is 3.72. The predicted octanol–water partition coefficient (Wildman–Crippen LogP) is 4.15. The van der Waals surface area contributed by atoms with Gasteiger partial charge >= 0.3 is 0 Å². The summed E-state index contributed by atoms with van der Waals surface area (Å²) in [4.78, 5) is 4.08. The minimum Gasteiger partial charge on any atom is -0.384 e. The molecule has 0 aliphatic rings. The van der Waals surface area contributed by atoms with Crippen LogP contribution in [0.4, 0.5) is 5.69 Å². The van der Waals surface area contributed by atoms with Gasteiger partial charge in [-0.1, -0.05) is 33.6 Å². The van der Waals surface area contributed by atoms with Gasteiger partial charge in [0, 0.05) is 23.4 Å². The molecule has 1 heterocycles. The zero-order chi connectivity index (χ0) is 12.1. The average Bonchev–Trinajstić information content (AvgIpc) is 2.33. The summed E-state index contributed by atoms with van der Waals surface area (Å²) >= 11 is 9.49. The molecule has 0 aliphatic heterocycles. The summed E-state index contributed by atoms with van der Waals surface area (Å²) in [6.07, 6.45) is 4.59. The highest BCUT2D eigenvalue weighted by atomic mass is 79.9. The van der Waals surface area contributed by atoms with Crippen molar-refractivity contribution in [1.82, 2.24) is 4.98 Å². The van der Waals surface area contributed by atoms with Gasteiger partial charge in [-0.05, 0) is 36.2 Å². The van der Waals surface area contributed by atoms with Crippen molar-refractivity contribution in [3.63, 3.8) is 0 Å². The van der Waals surface area contributed by atoms with Crippen molar-refractivity contribution in [2.75, 3.05) is 11.9 Å². The number of rotatable bonds is 4. The minimum absolute atomic E-state index is 0.727. The molecule has 0 amide bonds. The molecule has 0 radical (unpaired) electrons. The molecule has 0 spiro atoms. The number of pyridine rings is 1. The Morgan fingerprint density at radius 1 is 1.29 bits per heavy atom. The second-order valence-electron chi connectivity index (χ2n) is 3.66. The van der Waals surface area contributed by atoms with Crippen LogP contribution in [0.25, 0.3) is 0 Å². The molecule has 0 atom stereocenters. The van der Waals surface area contributed by atoms with Crippen LogP contribution in [0.3, 0.4) is 0 Å². The summed E-state index contributed by atoms with van der Waals surface area (Å²) in [6.45, 7) is 0.840. The van der Waals surface area contributed by atoms with Gasteiger partial charge in [0.1, 0.15) is 0 Å². The van der Waals surface area contributed by atoms with Crippen LogP contribution in [0, 0.1) is 0 Å². The summed E-state index contributed by atoms with van der Waals surface area (Å²) in [5, 5.41) is 4.04. The lowest BCUT2D eigenvalue weighted by Crippen LogP contribution is -2.05. The van der Waals surface area contributed by atoms with Crippen LogP contribution in [-0.4, -0.2) is 11.5 Å². The lowest BCUT2D eigenvalue weighted by atomic mass is 10.2. The van der Waals surface area contributed by atoms with Gasteiger partial charge in [-0.15, -0.1) is 0 Å². The Morgan fingerprint density at radius 3 is 2.88 bits per heavy atom. The normalized spacial score (nSPS) is 10.2. The van der Waals surface area contributed by atoms with E-state index < -0.39 is 0 Å². The third-order valence-electron chi connectivity index (χ3n) is 2.38. The van der Waals surface area contributed by atoms with Crippen LogP contribution in [0.15, 0.2) is 47.2 Å². The standard InChI is InChI=1S/C13H12BrClN2/c14-11-3-4-13(12(15)8-11)17-7-5-10-2-1-6-16-9-10/h1-4,6,8-9,17H,5,7H2.